The van der Waals surface area contributed by atoms with Crippen LogP contribution in [0, 0.1) is 6.92 Å². The molecule has 3 aromatic rings. The Morgan fingerprint density at radius 2 is 1.75 bits per heavy atom. The van der Waals surface area contributed by atoms with Gasteiger partial charge in [-0.15, -0.1) is 0 Å². The molecule has 1 amide bonds. The van der Waals surface area contributed by atoms with Crippen molar-refractivity contribution in [3.05, 3.63) is 54.1 Å². The van der Waals surface area contributed by atoms with E-state index < -0.39 is 6.04 Å². The highest BCUT2D eigenvalue weighted by atomic mass is 16.2. The van der Waals surface area contributed by atoms with E-state index in [0.29, 0.717) is 32.1 Å². The lowest BCUT2D eigenvalue weighted by atomic mass is 10.0. The fraction of sp³-hybridized carbons (Fsp3) is 0.318. The maximum Gasteiger partial charge on any atom is 0.239 e. The fourth-order valence-electron chi connectivity index (χ4n) is 3.60. The molecule has 1 unspecified atom stereocenters. The normalized spacial score (nSPS) is 15.7. The molecule has 1 aliphatic rings. The number of aromatic nitrogens is 2. The number of nitrogens with zero attached hydrogens (tertiary/aromatic N) is 4. The molecule has 0 spiro atoms. The lowest BCUT2D eigenvalue weighted by Crippen LogP contribution is -2.52. The molecular formula is C22H25N5O. The van der Waals surface area contributed by atoms with Crippen LogP contribution in [0.2, 0.25) is 0 Å². The van der Waals surface area contributed by atoms with Gasteiger partial charge >= 0.3 is 0 Å². The molecule has 144 valence electrons. The molecule has 2 heterocycles. The van der Waals surface area contributed by atoms with Gasteiger partial charge in [-0.05, 0) is 26.0 Å². The number of nitrogens with two attached hydrogens (primary N) is 1. The minimum atomic E-state index is -0.462. The maximum absolute atomic E-state index is 12.1. The summed E-state index contributed by atoms with van der Waals surface area (Å²) in [5, 5.41) is 1.06. The Kier molecular flexibility index (Phi) is 4.96. The summed E-state index contributed by atoms with van der Waals surface area (Å²) >= 11 is 0. The second-order valence-electron chi connectivity index (χ2n) is 7.36. The number of rotatable bonds is 3. The van der Waals surface area contributed by atoms with E-state index in [1.165, 1.54) is 5.56 Å². The summed E-state index contributed by atoms with van der Waals surface area (Å²) < 4.78 is 0. The van der Waals surface area contributed by atoms with Gasteiger partial charge in [-0.1, -0.05) is 42.0 Å². The summed E-state index contributed by atoms with van der Waals surface area (Å²) in [5.74, 6) is 0.711. The van der Waals surface area contributed by atoms with E-state index >= 15 is 0 Å². The van der Waals surface area contributed by atoms with Crippen molar-refractivity contribution in [3.63, 3.8) is 0 Å². The van der Waals surface area contributed by atoms with Gasteiger partial charge in [0.1, 0.15) is 0 Å². The second kappa shape index (κ2) is 7.56. The summed E-state index contributed by atoms with van der Waals surface area (Å²) in [7, 11) is 0. The van der Waals surface area contributed by atoms with E-state index in [1.54, 1.807) is 6.92 Å². The van der Waals surface area contributed by atoms with Crippen LogP contribution in [0.1, 0.15) is 12.5 Å². The van der Waals surface area contributed by atoms with Crippen LogP contribution in [0.15, 0.2) is 48.5 Å². The van der Waals surface area contributed by atoms with Crippen LogP contribution >= 0.6 is 0 Å². The molecule has 0 radical (unpaired) electrons. The van der Waals surface area contributed by atoms with Crippen LogP contribution in [0.25, 0.3) is 22.2 Å². The smallest absolute Gasteiger partial charge is 0.239 e. The first-order chi connectivity index (χ1) is 13.5. The monoisotopic (exact) mass is 375 g/mol. The Bertz CT molecular complexity index is 994. The summed E-state index contributed by atoms with van der Waals surface area (Å²) in [6, 6.07) is 16.0. The van der Waals surface area contributed by atoms with Gasteiger partial charge < -0.3 is 15.5 Å². The highest BCUT2D eigenvalue weighted by molar-refractivity contribution is 5.93. The molecule has 6 heteroatoms. The zero-order valence-corrected chi connectivity index (χ0v) is 16.3. The molecule has 28 heavy (non-hydrogen) atoms. The lowest BCUT2D eigenvalue weighted by Gasteiger charge is -2.35. The van der Waals surface area contributed by atoms with Gasteiger partial charge in [0, 0.05) is 37.1 Å². The van der Waals surface area contributed by atoms with Crippen molar-refractivity contribution < 1.29 is 4.79 Å². The summed E-state index contributed by atoms with van der Waals surface area (Å²) in [5.41, 5.74) is 9.88. The zero-order valence-electron chi connectivity index (χ0n) is 16.3. The topological polar surface area (TPSA) is 75.4 Å². The molecular weight excluding hydrogens is 350 g/mol. The molecule has 1 fully saturated rings. The van der Waals surface area contributed by atoms with Gasteiger partial charge in [0.05, 0.1) is 17.3 Å². The van der Waals surface area contributed by atoms with Crippen LogP contribution in [0.5, 0.6) is 0 Å². The van der Waals surface area contributed by atoms with E-state index in [1.807, 2.05) is 23.1 Å². The first-order valence-corrected chi connectivity index (χ1v) is 9.66. The molecule has 0 saturated carbocycles. The number of anilines is 1. The van der Waals surface area contributed by atoms with Crippen molar-refractivity contribution in [2.75, 3.05) is 31.1 Å². The maximum atomic E-state index is 12.1. The molecule has 0 bridgehead atoms. The molecule has 6 nitrogen and oxygen atoms in total. The third-order valence-electron chi connectivity index (χ3n) is 5.15. The molecule has 1 aromatic heterocycles. The van der Waals surface area contributed by atoms with E-state index in [-0.39, 0.29) is 5.91 Å². The summed E-state index contributed by atoms with van der Waals surface area (Å²) in [4.78, 5) is 25.9. The van der Waals surface area contributed by atoms with Crippen molar-refractivity contribution >= 4 is 22.8 Å². The van der Waals surface area contributed by atoms with Crippen molar-refractivity contribution in [1.82, 2.24) is 14.9 Å². The molecule has 2 aromatic carbocycles. The Balaban J connectivity index is 1.69. The fourth-order valence-corrected chi connectivity index (χ4v) is 3.60. The third kappa shape index (κ3) is 3.55. The van der Waals surface area contributed by atoms with Gasteiger partial charge in [-0.2, -0.15) is 0 Å². The first kappa shape index (κ1) is 18.4. The molecule has 1 aliphatic heterocycles. The number of carbonyl (C=O) groups is 1. The quantitative estimate of drug-likeness (QED) is 0.762. The second-order valence-corrected chi connectivity index (χ2v) is 7.36. The molecule has 4 rings (SSSR count). The van der Waals surface area contributed by atoms with Crippen LogP contribution in [-0.4, -0.2) is 53.0 Å². The Morgan fingerprint density at radius 1 is 1.04 bits per heavy atom. The van der Waals surface area contributed by atoms with Gasteiger partial charge in [-0.3, -0.25) is 4.79 Å². The van der Waals surface area contributed by atoms with Crippen LogP contribution in [0.3, 0.4) is 0 Å². The number of hydrogen-bond donors (Lipinski definition) is 1. The minimum Gasteiger partial charge on any atom is -0.338 e. The van der Waals surface area contributed by atoms with E-state index in [9.17, 15) is 4.79 Å². The van der Waals surface area contributed by atoms with Crippen LogP contribution < -0.4 is 10.6 Å². The van der Waals surface area contributed by atoms with Crippen molar-refractivity contribution in [2.45, 2.75) is 19.9 Å². The van der Waals surface area contributed by atoms with Gasteiger partial charge in [0.15, 0.2) is 0 Å². The molecule has 1 saturated heterocycles. The number of piperazine rings is 1. The Morgan fingerprint density at radius 3 is 2.43 bits per heavy atom. The largest absolute Gasteiger partial charge is 0.338 e. The lowest BCUT2D eigenvalue weighted by molar-refractivity contribution is -0.132. The van der Waals surface area contributed by atoms with Gasteiger partial charge in [0.25, 0.3) is 0 Å². The number of fused-ring (bicyclic) bond motifs is 1. The zero-order chi connectivity index (χ0) is 19.7. The predicted molar refractivity (Wildman–Crippen MR) is 112 cm³/mol. The van der Waals surface area contributed by atoms with Crippen LogP contribution in [-0.2, 0) is 4.79 Å². The average molecular weight is 375 g/mol. The average Bonchev–Trinajstić information content (AvgIpc) is 2.73. The minimum absolute atomic E-state index is 0.000436. The standard InChI is InChI=1S/C22H25N5O/c1-15-8-9-19-18(14-15)20(17-6-4-3-5-7-17)25-22(24-19)27-12-10-26(11-13-27)21(28)16(2)23/h3-9,14,16H,10-13,23H2,1-2H3. The number of amides is 1. The van der Waals surface area contributed by atoms with E-state index in [0.717, 1.165) is 22.2 Å². The Hall–Kier alpha value is -2.99. The van der Waals surface area contributed by atoms with Crippen molar-refractivity contribution in [1.29, 1.82) is 0 Å². The molecule has 1 atom stereocenters. The van der Waals surface area contributed by atoms with Crippen molar-refractivity contribution in [3.8, 4) is 11.3 Å². The predicted octanol–water partition coefficient (Wildman–Crippen LogP) is 2.60. The SMILES string of the molecule is Cc1ccc2nc(N3CCN(C(=O)C(C)N)CC3)nc(-c3ccccc3)c2c1. The Labute approximate surface area is 165 Å². The number of hydrogen-bond acceptors (Lipinski definition) is 5. The first-order valence-electron chi connectivity index (χ1n) is 9.66. The van der Waals surface area contributed by atoms with Gasteiger partial charge in [0.2, 0.25) is 11.9 Å². The summed E-state index contributed by atoms with van der Waals surface area (Å²) in [6.45, 7) is 6.48. The number of benzene rings is 2. The highest BCUT2D eigenvalue weighted by Crippen LogP contribution is 2.29. The van der Waals surface area contributed by atoms with Crippen molar-refractivity contribution in [2.24, 2.45) is 5.73 Å². The van der Waals surface area contributed by atoms with Gasteiger partial charge in [-0.25, -0.2) is 9.97 Å². The molecule has 0 aliphatic carbocycles. The highest BCUT2D eigenvalue weighted by Gasteiger charge is 2.25. The van der Waals surface area contributed by atoms with E-state index in [2.05, 4.69) is 42.2 Å². The molecule has 2 N–H and O–H groups in total. The number of aryl methyl sites for hydroxylation is 1. The third-order valence-corrected chi connectivity index (χ3v) is 5.15. The van der Waals surface area contributed by atoms with E-state index in [4.69, 9.17) is 15.7 Å². The van der Waals surface area contributed by atoms with Crippen LogP contribution in [0.4, 0.5) is 5.95 Å². The summed E-state index contributed by atoms with van der Waals surface area (Å²) in [6.07, 6.45) is 0. The number of carbonyl (C=O) groups excluding carboxylic acids is 1.